The summed E-state index contributed by atoms with van der Waals surface area (Å²) in [6, 6.07) is 2.35. The van der Waals surface area contributed by atoms with E-state index in [1.807, 2.05) is 13.1 Å². The van der Waals surface area contributed by atoms with Crippen molar-refractivity contribution in [3.63, 3.8) is 0 Å². The van der Waals surface area contributed by atoms with Gasteiger partial charge in [0.1, 0.15) is 6.33 Å². The molecule has 0 aromatic carbocycles. The third-order valence-corrected chi connectivity index (χ3v) is 2.58. The molecule has 0 bridgehead atoms. The number of aromatic nitrogens is 2. The van der Waals surface area contributed by atoms with E-state index in [0.717, 1.165) is 18.0 Å². The summed E-state index contributed by atoms with van der Waals surface area (Å²) in [5.74, 6) is 0.785. The van der Waals surface area contributed by atoms with Gasteiger partial charge < -0.3 is 5.32 Å². The van der Waals surface area contributed by atoms with Crippen molar-refractivity contribution in [2.75, 3.05) is 7.05 Å². The van der Waals surface area contributed by atoms with Crippen molar-refractivity contribution < 1.29 is 0 Å². The Kier molecular flexibility index (Phi) is 5.26. The summed E-state index contributed by atoms with van der Waals surface area (Å²) >= 11 is 0. The lowest BCUT2D eigenvalue weighted by atomic mass is 10.0. The highest BCUT2D eigenvalue weighted by atomic mass is 14.9. The number of nitrogens with one attached hydrogen (secondary N) is 1. The Morgan fingerprint density at radius 1 is 1.33 bits per heavy atom. The van der Waals surface area contributed by atoms with Gasteiger partial charge in [0.2, 0.25) is 0 Å². The van der Waals surface area contributed by atoms with Gasteiger partial charge >= 0.3 is 0 Å². The normalized spacial score (nSPS) is 13.1. The van der Waals surface area contributed by atoms with Gasteiger partial charge in [-0.3, -0.25) is 0 Å². The van der Waals surface area contributed by atoms with Gasteiger partial charge in [-0.1, -0.05) is 26.7 Å². The summed E-state index contributed by atoms with van der Waals surface area (Å²) < 4.78 is 0. The van der Waals surface area contributed by atoms with Crippen molar-refractivity contribution in [2.24, 2.45) is 5.92 Å². The lowest BCUT2D eigenvalue weighted by molar-refractivity contribution is 0.464. The topological polar surface area (TPSA) is 37.8 Å². The first-order valence-corrected chi connectivity index (χ1v) is 5.67. The van der Waals surface area contributed by atoms with Crippen LogP contribution < -0.4 is 5.32 Å². The van der Waals surface area contributed by atoms with Crippen molar-refractivity contribution >= 4 is 0 Å². The average Bonchev–Trinajstić information content (AvgIpc) is 2.25. The van der Waals surface area contributed by atoms with Crippen LogP contribution in [0.4, 0.5) is 0 Å². The quantitative estimate of drug-likeness (QED) is 0.779. The van der Waals surface area contributed by atoms with Gasteiger partial charge in [0.05, 0.1) is 5.69 Å². The Labute approximate surface area is 92.3 Å². The molecular weight excluding hydrogens is 186 g/mol. The lowest BCUT2D eigenvalue weighted by Gasteiger charge is -2.15. The van der Waals surface area contributed by atoms with Crippen LogP contribution in [0.15, 0.2) is 18.6 Å². The first kappa shape index (κ1) is 12.1. The molecule has 0 radical (unpaired) electrons. The zero-order valence-corrected chi connectivity index (χ0v) is 9.90. The fourth-order valence-electron chi connectivity index (χ4n) is 1.68. The molecule has 1 N–H and O–H groups in total. The van der Waals surface area contributed by atoms with Crippen molar-refractivity contribution in [1.82, 2.24) is 15.3 Å². The molecule has 1 aromatic rings. The van der Waals surface area contributed by atoms with Crippen LogP contribution >= 0.6 is 0 Å². The van der Waals surface area contributed by atoms with Crippen molar-refractivity contribution in [1.29, 1.82) is 0 Å². The molecule has 0 aliphatic rings. The van der Waals surface area contributed by atoms with E-state index in [1.165, 1.54) is 12.8 Å². The molecule has 1 heterocycles. The maximum atomic E-state index is 4.27. The standard InChI is InChI=1S/C12H21N3/c1-10(2)5-4-6-11(13-3)12-7-8-14-9-15-12/h7-11,13H,4-6H2,1-3H3. The lowest BCUT2D eigenvalue weighted by Crippen LogP contribution is -2.17. The molecule has 0 amide bonds. The maximum Gasteiger partial charge on any atom is 0.115 e. The molecule has 1 atom stereocenters. The Balaban J connectivity index is 2.43. The van der Waals surface area contributed by atoms with Crippen LogP contribution in [0.2, 0.25) is 0 Å². The minimum absolute atomic E-state index is 0.367. The van der Waals surface area contributed by atoms with Gasteiger partial charge in [0, 0.05) is 12.2 Å². The van der Waals surface area contributed by atoms with Gasteiger partial charge in [0.15, 0.2) is 0 Å². The Morgan fingerprint density at radius 3 is 2.67 bits per heavy atom. The van der Waals surface area contributed by atoms with E-state index in [0.29, 0.717) is 6.04 Å². The van der Waals surface area contributed by atoms with Crippen LogP contribution in [0.25, 0.3) is 0 Å². The van der Waals surface area contributed by atoms with E-state index in [2.05, 4.69) is 29.1 Å². The molecule has 0 spiro atoms. The third-order valence-electron chi connectivity index (χ3n) is 2.58. The SMILES string of the molecule is CNC(CCCC(C)C)c1ccncn1. The molecule has 15 heavy (non-hydrogen) atoms. The minimum atomic E-state index is 0.367. The van der Waals surface area contributed by atoms with Gasteiger partial charge in [-0.15, -0.1) is 0 Å². The molecule has 0 saturated carbocycles. The first-order valence-electron chi connectivity index (χ1n) is 5.67. The van der Waals surface area contributed by atoms with E-state index in [-0.39, 0.29) is 0 Å². The molecule has 0 saturated heterocycles. The average molecular weight is 207 g/mol. The van der Waals surface area contributed by atoms with Crippen LogP contribution in [0.3, 0.4) is 0 Å². The van der Waals surface area contributed by atoms with Crippen molar-refractivity contribution in [3.05, 3.63) is 24.3 Å². The Hall–Kier alpha value is -0.960. The highest BCUT2D eigenvalue weighted by Gasteiger charge is 2.09. The molecule has 1 aromatic heterocycles. The third kappa shape index (κ3) is 4.38. The summed E-state index contributed by atoms with van der Waals surface area (Å²) in [5, 5.41) is 3.30. The van der Waals surface area contributed by atoms with E-state index in [1.54, 1.807) is 12.5 Å². The molecule has 3 nitrogen and oxygen atoms in total. The molecule has 3 heteroatoms. The van der Waals surface area contributed by atoms with Crippen molar-refractivity contribution in [2.45, 2.75) is 39.2 Å². The molecule has 0 aliphatic heterocycles. The number of hydrogen-bond acceptors (Lipinski definition) is 3. The predicted molar refractivity (Wildman–Crippen MR) is 62.5 cm³/mol. The van der Waals surface area contributed by atoms with E-state index in [9.17, 15) is 0 Å². The molecule has 1 unspecified atom stereocenters. The van der Waals surface area contributed by atoms with Crippen LogP contribution in [-0.4, -0.2) is 17.0 Å². The maximum absolute atomic E-state index is 4.27. The van der Waals surface area contributed by atoms with E-state index in [4.69, 9.17) is 0 Å². The van der Waals surface area contributed by atoms with Crippen LogP contribution in [-0.2, 0) is 0 Å². The number of rotatable bonds is 6. The summed E-state index contributed by atoms with van der Waals surface area (Å²) in [5.41, 5.74) is 1.09. The van der Waals surface area contributed by atoms with Gasteiger partial charge in [0.25, 0.3) is 0 Å². The second kappa shape index (κ2) is 6.51. The predicted octanol–water partition coefficient (Wildman–Crippen LogP) is 2.56. The monoisotopic (exact) mass is 207 g/mol. The number of hydrogen-bond donors (Lipinski definition) is 1. The highest BCUT2D eigenvalue weighted by Crippen LogP contribution is 2.17. The Bertz CT molecular complexity index is 259. The summed E-state index contributed by atoms with van der Waals surface area (Å²) in [6.07, 6.45) is 7.08. The van der Waals surface area contributed by atoms with Crippen molar-refractivity contribution in [3.8, 4) is 0 Å². The molecule has 0 aliphatic carbocycles. The fraction of sp³-hybridized carbons (Fsp3) is 0.667. The smallest absolute Gasteiger partial charge is 0.115 e. The van der Waals surface area contributed by atoms with Gasteiger partial charge in [-0.25, -0.2) is 9.97 Å². The largest absolute Gasteiger partial charge is 0.312 e. The minimum Gasteiger partial charge on any atom is -0.312 e. The highest BCUT2D eigenvalue weighted by molar-refractivity contribution is 5.04. The zero-order chi connectivity index (χ0) is 11.1. The Morgan fingerprint density at radius 2 is 2.13 bits per heavy atom. The summed E-state index contributed by atoms with van der Waals surface area (Å²) in [6.45, 7) is 4.53. The van der Waals surface area contributed by atoms with Crippen LogP contribution in [0.5, 0.6) is 0 Å². The zero-order valence-electron chi connectivity index (χ0n) is 9.90. The molecule has 84 valence electrons. The van der Waals surface area contributed by atoms with E-state index < -0.39 is 0 Å². The molecule has 1 rings (SSSR count). The second-order valence-corrected chi connectivity index (χ2v) is 4.30. The van der Waals surface area contributed by atoms with Gasteiger partial charge in [-0.05, 0) is 25.5 Å². The first-order chi connectivity index (χ1) is 7.24. The summed E-state index contributed by atoms with van der Waals surface area (Å²) in [4.78, 5) is 8.21. The fourth-order valence-corrected chi connectivity index (χ4v) is 1.68. The second-order valence-electron chi connectivity index (χ2n) is 4.30. The van der Waals surface area contributed by atoms with Crippen LogP contribution in [0, 0.1) is 5.92 Å². The van der Waals surface area contributed by atoms with E-state index >= 15 is 0 Å². The van der Waals surface area contributed by atoms with Crippen LogP contribution in [0.1, 0.15) is 44.8 Å². The van der Waals surface area contributed by atoms with Gasteiger partial charge in [-0.2, -0.15) is 0 Å². The summed E-state index contributed by atoms with van der Waals surface area (Å²) in [7, 11) is 1.99. The molecular formula is C12H21N3. The number of nitrogens with zero attached hydrogens (tertiary/aromatic N) is 2. The molecule has 0 fully saturated rings.